The molecule has 0 radical (unpaired) electrons. The number of carboxylic acids is 1. The average Bonchev–Trinajstić information content (AvgIpc) is 2.34. The van der Waals surface area contributed by atoms with Gasteiger partial charge in [-0.25, -0.2) is 4.79 Å². The minimum Gasteiger partial charge on any atom is -0.478 e. The maximum Gasteiger partial charge on any atom is 0.328 e. The van der Waals surface area contributed by atoms with E-state index in [1.165, 1.54) is 0 Å². The number of hydrogen-bond donors (Lipinski definition) is 1. The topological polar surface area (TPSA) is 40.5 Å². The largest absolute Gasteiger partial charge is 0.478 e. The van der Waals surface area contributed by atoms with E-state index in [-0.39, 0.29) is 0 Å². The Labute approximate surface area is 101 Å². The average molecular weight is 229 g/mol. The van der Waals surface area contributed by atoms with E-state index in [1.807, 2.05) is 31.2 Å². The number of carbonyl (C=O) groups is 1. The lowest BCUT2D eigenvalue weighted by atomic mass is 10.2. The van der Waals surface area contributed by atoms with Crippen LogP contribution in [-0.4, -0.2) is 24.2 Å². The fraction of sp³-hybridized carbons (Fsp3) is 0.214. The van der Waals surface area contributed by atoms with Crippen molar-refractivity contribution < 1.29 is 9.90 Å². The Kier molecular flexibility index (Phi) is 4.83. The number of carboxylic acid groups (broad SMARTS) is 1. The molecular formula is C14H15NO2. The van der Waals surface area contributed by atoms with Crippen LogP contribution in [0, 0.1) is 12.3 Å². The van der Waals surface area contributed by atoms with E-state index in [2.05, 4.69) is 10.8 Å². The van der Waals surface area contributed by atoms with Crippen molar-refractivity contribution in [2.75, 3.05) is 18.0 Å². The monoisotopic (exact) mass is 229 g/mol. The molecule has 3 nitrogen and oxygen atoms in total. The van der Waals surface area contributed by atoms with E-state index in [0.717, 1.165) is 23.9 Å². The van der Waals surface area contributed by atoms with Gasteiger partial charge in [0.1, 0.15) is 0 Å². The maximum absolute atomic E-state index is 10.4. The van der Waals surface area contributed by atoms with E-state index < -0.39 is 5.97 Å². The third-order valence-corrected chi connectivity index (χ3v) is 2.34. The van der Waals surface area contributed by atoms with Gasteiger partial charge in [-0.3, -0.25) is 0 Å². The molecule has 17 heavy (non-hydrogen) atoms. The van der Waals surface area contributed by atoms with Gasteiger partial charge in [0.05, 0.1) is 6.54 Å². The molecule has 0 aliphatic rings. The highest BCUT2D eigenvalue weighted by Gasteiger charge is 2.01. The lowest BCUT2D eigenvalue weighted by Crippen LogP contribution is -2.22. The van der Waals surface area contributed by atoms with E-state index >= 15 is 0 Å². The SMILES string of the molecule is C#CCN(CC)c1ccc(/C=C/C(=O)O)cc1. The standard InChI is InChI=1S/C14H15NO2/c1-3-11-15(4-2)13-8-5-12(6-9-13)7-10-14(16)17/h1,5-10H,4,11H2,2H3,(H,16,17)/b10-7+. The summed E-state index contributed by atoms with van der Waals surface area (Å²) in [5.41, 5.74) is 1.89. The molecule has 0 heterocycles. The number of rotatable bonds is 5. The van der Waals surface area contributed by atoms with Crippen LogP contribution in [0.5, 0.6) is 0 Å². The molecule has 0 spiro atoms. The zero-order valence-electron chi connectivity index (χ0n) is 9.76. The Hall–Kier alpha value is -2.21. The Morgan fingerprint density at radius 3 is 2.59 bits per heavy atom. The lowest BCUT2D eigenvalue weighted by Gasteiger charge is -2.20. The number of nitrogens with zero attached hydrogens (tertiary/aromatic N) is 1. The summed E-state index contributed by atoms with van der Waals surface area (Å²) >= 11 is 0. The van der Waals surface area contributed by atoms with Crippen molar-refractivity contribution in [3.8, 4) is 12.3 Å². The Morgan fingerprint density at radius 1 is 1.47 bits per heavy atom. The van der Waals surface area contributed by atoms with Gasteiger partial charge in [0.15, 0.2) is 0 Å². The minimum atomic E-state index is -0.948. The zero-order chi connectivity index (χ0) is 12.7. The predicted molar refractivity (Wildman–Crippen MR) is 69.8 cm³/mol. The van der Waals surface area contributed by atoms with Crippen LogP contribution < -0.4 is 4.90 Å². The van der Waals surface area contributed by atoms with Crippen LogP contribution in [0.2, 0.25) is 0 Å². The molecule has 1 rings (SSSR count). The van der Waals surface area contributed by atoms with E-state index in [4.69, 9.17) is 11.5 Å². The summed E-state index contributed by atoms with van der Waals surface area (Å²) in [5, 5.41) is 8.51. The van der Waals surface area contributed by atoms with Gasteiger partial charge >= 0.3 is 5.97 Å². The third-order valence-electron chi connectivity index (χ3n) is 2.34. The molecule has 0 aliphatic carbocycles. The van der Waals surface area contributed by atoms with Crippen molar-refractivity contribution in [1.29, 1.82) is 0 Å². The maximum atomic E-state index is 10.4. The molecule has 0 amide bonds. The fourth-order valence-corrected chi connectivity index (χ4v) is 1.46. The van der Waals surface area contributed by atoms with Crippen molar-refractivity contribution in [3.05, 3.63) is 35.9 Å². The van der Waals surface area contributed by atoms with E-state index in [0.29, 0.717) is 6.54 Å². The first-order chi connectivity index (χ1) is 8.17. The molecule has 0 atom stereocenters. The number of terminal acetylenes is 1. The van der Waals surface area contributed by atoms with Gasteiger partial charge in [-0.2, -0.15) is 0 Å². The van der Waals surface area contributed by atoms with Gasteiger partial charge in [0, 0.05) is 18.3 Å². The van der Waals surface area contributed by atoms with Crippen LogP contribution in [0.1, 0.15) is 12.5 Å². The second-order valence-electron chi connectivity index (χ2n) is 3.48. The number of benzene rings is 1. The highest BCUT2D eigenvalue weighted by atomic mass is 16.4. The molecule has 0 aliphatic heterocycles. The van der Waals surface area contributed by atoms with Crippen molar-refractivity contribution in [2.45, 2.75) is 6.92 Å². The van der Waals surface area contributed by atoms with Crippen molar-refractivity contribution >= 4 is 17.7 Å². The van der Waals surface area contributed by atoms with Crippen LogP contribution in [-0.2, 0) is 4.79 Å². The molecule has 0 aromatic heterocycles. The van der Waals surface area contributed by atoms with Gasteiger partial charge in [0.25, 0.3) is 0 Å². The summed E-state index contributed by atoms with van der Waals surface area (Å²) in [4.78, 5) is 12.4. The first-order valence-corrected chi connectivity index (χ1v) is 5.37. The van der Waals surface area contributed by atoms with E-state index in [9.17, 15) is 4.79 Å². The second kappa shape index (κ2) is 6.39. The van der Waals surface area contributed by atoms with Gasteiger partial charge < -0.3 is 10.0 Å². The van der Waals surface area contributed by atoms with Crippen LogP contribution in [0.15, 0.2) is 30.3 Å². The highest BCUT2D eigenvalue weighted by molar-refractivity contribution is 5.85. The summed E-state index contributed by atoms with van der Waals surface area (Å²) < 4.78 is 0. The summed E-state index contributed by atoms with van der Waals surface area (Å²) in [6.07, 6.45) is 7.96. The van der Waals surface area contributed by atoms with Crippen LogP contribution in [0.3, 0.4) is 0 Å². The van der Waals surface area contributed by atoms with Crippen molar-refractivity contribution in [1.82, 2.24) is 0 Å². The van der Waals surface area contributed by atoms with Gasteiger partial charge in [0.2, 0.25) is 0 Å². The Balaban J connectivity index is 2.80. The zero-order valence-corrected chi connectivity index (χ0v) is 9.76. The smallest absolute Gasteiger partial charge is 0.328 e. The molecule has 88 valence electrons. The first-order valence-electron chi connectivity index (χ1n) is 5.37. The molecular weight excluding hydrogens is 214 g/mol. The molecule has 0 fully saturated rings. The second-order valence-corrected chi connectivity index (χ2v) is 3.48. The molecule has 0 saturated heterocycles. The molecule has 0 unspecified atom stereocenters. The molecule has 1 aromatic carbocycles. The minimum absolute atomic E-state index is 0.570. The fourth-order valence-electron chi connectivity index (χ4n) is 1.46. The molecule has 0 bridgehead atoms. The number of hydrogen-bond acceptors (Lipinski definition) is 2. The summed E-state index contributed by atoms with van der Waals surface area (Å²) in [7, 11) is 0. The van der Waals surface area contributed by atoms with Crippen LogP contribution in [0.25, 0.3) is 6.08 Å². The number of aliphatic carboxylic acids is 1. The Bertz CT molecular complexity index is 440. The van der Waals surface area contributed by atoms with E-state index in [1.54, 1.807) is 6.08 Å². The lowest BCUT2D eigenvalue weighted by molar-refractivity contribution is -0.131. The van der Waals surface area contributed by atoms with Crippen molar-refractivity contribution in [2.24, 2.45) is 0 Å². The predicted octanol–water partition coefficient (Wildman–Crippen LogP) is 2.24. The third kappa shape index (κ3) is 4.04. The van der Waals surface area contributed by atoms with Crippen LogP contribution >= 0.6 is 0 Å². The molecule has 0 saturated carbocycles. The summed E-state index contributed by atoms with van der Waals surface area (Å²) in [6, 6.07) is 7.60. The Morgan fingerprint density at radius 2 is 2.12 bits per heavy atom. The van der Waals surface area contributed by atoms with Gasteiger partial charge in [-0.15, -0.1) is 6.42 Å². The van der Waals surface area contributed by atoms with Gasteiger partial charge in [-0.1, -0.05) is 18.1 Å². The quantitative estimate of drug-likeness (QED) is 0.622. The summed E-state index contributed by atoms with van der Waals surface area (Å²) in [5.74, 6) is 1.66. The van der Waals surface area contributed by atoms with Gasteiger partial charge in [-0.05, 0) is 30.7 Å². The molecule has 1 aromatic rings. The summed E-state index contributed by atoms with van der Waals surface area (Å²) in [6.45, 7) is 3.45. The van der Waals surface area contributed by atoms with Crippen molar-refractivity contribution in [3.63, 3.8) is 0 Å². The molecule has 1 N–H and O–H groups in total. The van der Waals surface area contributed by atoms with Crippen LogP contribution in [0.4, 0.5) is 5.69 Å². The highest BCUT2D eigenvalue weighted by Crippen LogP contribution is 2.15. The number of anilines is 1. The first kappa shape index (κ1) is 12.9. The molecule has 3 heteroatoms. The normalized spacial score (nSPS) is 10.1.